The van der Waals surface area contributed by atoms with Gasteiger partial charge in [-0.1, -0.05) is 30.3 Å². The van der Waals surface area contributed by atoms with Crippen LogP contribution in [0.2, 0.25) is 0 Å². The molecule has 1 aromatic rings. The fourth-order valence-electron chi connectivity index (χ4n) is 2.00. The Bertz CT molecular complexity index is 361. The Hall–Kier alpha value is -1.22. The van der Waals surface area contributed by atoms with Crippen molar-refractivity contribution >= 4 is 14.1 Å². The maximum atomic E-state index is 2.53. The van der Waals surface area contributed by atoms with Crippen LogP contribution in [0.5, 0.6) is 0 Å². The predicted molar refractivity (Wildman–Crippen MR) is 70.6 cm³/mol. The van der Waals surface area contributed by atoms with Crippen LogP contribution >= 0.6 is 0 Å². The molecule has 1 aromatic carbocycles. The summed E-state index contributed by atoms with van der Waals surface area (Å²) in [4.78, 5) is 2.29. The zero-order chi connectivity index (χ0) is 11.5. The minimum Gasteiger partial charge on any atom is -0.395 e. The molecule has 0 amide bonds. The van der Waals surface area contributed by atoms with Crippen LogP contribution in [0.4, 0.5) is 0 Å². The Morgan fingerprint density at radius 3 is 2.44 bits per heavy atom. The fraction of sp³-hybridized carbons (Fsp3) is 0.385. The Morgan fingerprint density at radius 1 is 1.12 bits per heavy atom. The van der Waals surface area contributed by atoms with Crippen molar-refractivity contribution in [2.24, 2.45) is 0 Å². The number of nitrogens with zero attached hydrogens (tertiary/aromatic N) is 2. The Morgan fingerprint density at radius 2 is 1.81 bits per heavy atom. The molecule has 0 aromatic heterocycles. The molecule has 16 heavy (non-hydrogen) atoms. The second-order valence-corrected chi connectivity index (χ2v) is 6.83. The zero-order valence-electron chi connectivity index (χ0n) is 10.2. The third-order valence-electron chi connectivity index (χ3n) is 2.86. The topological polar surface area (TPSA) is 6.48 Å². The maximum Gasteiger partial charge on any atom is 0.226 e. The van der Waals surface area contributed by atoms with Gasteiger partial charge in [0.1, 0.15) is 0 Å². The van der Waals surface area contributed by atoms with E-state index < -0.39 is 8.96 Å². The van der Waals surface area contributed by atoms with Crippen LogP contribution in [0.25, 0.3) is 0 Å². The van der Waals surface area contributed by atoms with Gasteiger partial charge in [-0.25, -0.2) is 0 Å². The van der Waals surface area contributed by atoms with Crippen molar-refractivity contribution in [3.63, 3.8) is 0 Å². The van der Waals surface area contributed by atoms with Crippen molar-refractivity contribution in [3.05, 3.63) is 42.7 Å². The predicted octanol–water partition coefficient (Wildman–Crippen LogP) is 1.55. The van der Waals surface area contributed by atoms with Crippen LogP contribution in [-0.2, 0) is 0 Å². The van der Waals surface area contributed by atoms with Crippen LogP contribution in [0.15, 0.2) is 42.7 Å². The van der Waals surface area contributed by atoms with Gasteiger partial charge in [0.15, 0.2) is 0 Å². The Balaban J connectivity index is 2.27. The molecular formula is C13H19N2Si. The van der Waals surface area contributed by atoms with Crippen molar-refractivity contribution in [1.29, 1.82) is 0 Å². The molecule has 0 fully saturated rings. The molecule has 2 rings (SSSR count). The van der Waals surface area contributed by atoms with E-state index in [1.54, 1.807) is 0 Å². The van der Waals surface area contributed by atoms with E-state index in [9.17, 15) is 0 Å². The van der Waals surface area contributed by atoms with Gasteiger partial charge < -0.3 is 9.47 Å². The minimum atomic E-state index is -0.640. The van der Waals surface area contributed by atoms with Crippen molar-refractivity contribution in [2.45, 2.75) is 19.9 Å². The monoisotopic (exact) mass is 231 g/mol. The van der Waals surface area contributed by atoms with E-state index in [4.69, 9.17) is 0 Å². The van der Waals surface area contributed by atoms with E-state index in [1.165, 1.54) is 5.19 Å². The van der Waals surface area contributed by atoms with E-state index in [0.717, 1.165) is 6.17 Å². The highest BCUT2D eigenvalue weighted by Crippen LogP contribution is 2.10. The van der Waals surface area contributed by atoms with E-state index >= 15 is 0 Å². The molecule has 0 N–H and O–H groups in total. The average Bonchev–Trinajstić information content (AvgIpc) is 2.29. The van der Waals surface area contributed by atoms with Crippen LogP contribution < -0.4 is 5.19 Å². The van der Waals surface area contributed by atoms with Crippen molar-refractivity contribution in [2.75, 3.05) is 13.2 Å². The van der Waals surface area contributed by atoms with Gasteiger partial charge in [0.2, 0.25) is 8.96 Å². The van der Waals surface area contributed by atoms with E-state index in [1.807, 2.05) is 0 Å². The highest BCUT2D eigenvalue weighted by Gasteiger charge is 2.26. The molecule has 1 radical (unpaired) electrons. The number of benzene rings is 1. The summed E-state index contributed by atoms with van der Waals surface area (Å²) >= 11 is 0. The maximum absolute atomic E-state index is 2.53. The largest absolute Gasteiger partial charge is 0.395 e. The summed E-state index contributed by atoms with van der Waals surface area (Å²) in [7, 11) is 1.51. The average molecular weight is 231 g/mol. The normalized spacial score (nSPS) is 17.2. The van der Waals surface area contributed by atoms with Gasteiger partial charge in [0.05, 0.1) is 0 Å². The lowest BCUT2D eigenvalue weighted by Gasteiger charge is -2.38. The van der Waals surface area contributed by atoms with Crippen LogP contribution in [0, 0.1) is 0 Å². The molecule has 0 bridgehead atoms. The van der Waals surface area contributed by atoms with Crippen molar-refractivity contribution in [3.8, 4) is 0 Å². The molecular weight excluding hydrogens is 212 g/mol. The highest BCUT2D eigenvalue weighted by atomic mass is 28.3. The lowest BCUT2D eigenvalue weighted by molar-refractivity contribution is 0.408. The SMILES string of the molecule is CC(C)N1C=CN(C)C[Si]1c1ccccc1. The minimum absolute atomic E-state index is 0.582. The van der Waals surface area contributed by atoms with Gasteiger partial charge in [0.25, 0.3) is 0 Å². The van der Waals surface area contributed by atoms with E-state index in [-0.39, 0.29) is 0 Å². The zero-order valence-corrected chi connectivity index (χ0v) is 11.2. The van der Waals surface area contributed by atoms with Crippen LogP contribution in [0.3, 0.4) is 0 Å². The second kappa shape index (κ2) is 4.74. The first-order valence-electron chi connectivity index (χ1n) is 5.76. The first-order valence-corrected chi connectivity index (χ1v) is 7.42. The molecule has 0 atom stereocenters. The third kappa shape index (κ3) is 2.30. The summed E-state index contributed by atoms with van der Waals surface area (Å²) in [5.74, 6) is 0. The molecule has 1 aliphatic rings. The smallest absolute Gasteiger partial charge is 0.226 e. The standard InChI is InChI=1S/C13H19N2Si/c1-12(2)15-10-9-14(3)11-16(15)13-7-5-4-6-8-13/h4-10,12H,11H2,1-3H3. The Labute approximate surface area is 99.9 Å². The molecule has 1 heterocycles. The number of hydrogen-bond acceptors (Lipinski definition) is 2. The summed E-state index contributed by atoms with van der Waals surface area (Å²) < 4.78 is 2.53. The molecule has 0 spiro atoms. The van der Waals surface area contributed by atoms with Crippen LogP contribution in [0.1, 0.15) is 13.8 Å². The fourth-order valence-corrected chi connectivity index (χ4v) is 4.67. The van der Waals surface area contributed by atoms with Gasteiger partial charge in [-0.2, -0.15) is 0 Å². The lowest BCUT2D eigenvalue weighted by atomic mass is 10.4. The molecule has 0 saturated carbocycles. The summed E-state index contributed by atoms with van der Waals surface area (Å²) in [5.41, 5.74) is 0. The van der Waals surface area contributed by atoms with Crippen LogP contribution in [-0.4, -0.2) is 37.7 Å². The molecule has 0 saturated heterocycles. The van der Waals surface area contributed by atoms with Gasteiger partial charge >= 0.3 is 0 Å². The van der Waals surface area contributed by atoms with Gasteiger partial charge in [-0.05, 0) is 19.0 Å². The third-order valence-corrected chi connectivity index (χ3v) is 5.94. The van der Waals surface area contributed by atoms with Gasteiger partial charge in [0, 0.05) is 31.7 Å². The Kier molecular flexibility index (Phi) is 3.34. The first kappa shape index (κ1) is 11.3. The van der Waals surface area contributed by atoms with Gasteiger partial charge in [-0.3, -0.25) is 0 Å². The van der Waals surface area contributed by atoms with Gasteiger partial charge in [-0.15, -0.1) is 0 Å². The molecule has 85 valence electrons. The molecule has 0 unspecified atom stereocenters. The molecule has 1 aliphatic heterocycles. The first-order chi connectivity index (χ1) is 7.68. The summed E-state index contributed by atoms with van der Waals surface area (Å²) in [6, 6.07) is 11.5. The quantitative estimate of drug-likeness (QED) is 0.713. The highest BCUT2D eigenvalue weighted by molar-refractivity contribution is 6.71. The van der Waals surface area contributed by atoms with E-state index in [2.05, 4.69) is 73.1 Å². The van der Waals surface area contributed by atoms with Crippen molar-refractivity contribution in [1.82, 2.24) is 9.47 Å². The lowest BCUT2D eigenvalue weighted by Crippen LogP contribution is -2.56. The second-order valence-electron chi connectivity index (χ2n) is 4.53. The summed E-state index contributed by atoms with van der Waals surface area (Å²) in [6.07, 6.45) is 5.58. The number of hydrogen-bond donors (Lipinski definition) is 0. The molecule has 0 aliphatic carbocycles. The molecule has 2 nitrogen and oxygen atoms in total. The summed E-state index contributed by atoms with van der Waals surface area (Å²) in [6.45, 7) is 4.53. The van der Waals surface area contributed by atoms with E-state index in [0.29, 0.717) is 6.04 Å². The summed E-state index contributed by atoms with van der Waals surface area (Å²) in [5, 5.41) is 1.50. The molecule has 3 heteroatoms. The number of rotatable bonds is 2. The van der Waals surface area contributed by atoms with Crippen molar-refractivity contribution < 1.29 is 0 Å².